The third-order valence-corrected chi connectivity index (χ3v) is 4.75. The Morgan fingerprint density at radius 3 is 2.64 bits per heavy atom. The molecule has 3 aromatic rings. The van der Waals surface area contributed by atoms with E-state index in [1.807, 2.05) is 56.0 Å². The molecule has 1 fully saturated rings. The molecule has 1 amide bonds. The van der Waals surface area contributed by atoms with Crippen LogP contribution in [0.4, 0.5) is 11.6 Å². The van der Waals surface area contributed by atoms with Crippen LogP contribution >= 0.6 is 0 Å². The number of aryl methyl sites for hydroxylation is 1. The number of H-pyrrole nitrogens is 1. The number of nitrogens with one attached hydrogen (secondary N) is 2. The van der Waals surface area contributed by atoms with Gasteiger partial charge in [0.1, 0.15) is 5.82 Å². The van der Waals surface area contributed by atoms with Gasteiger partial charge in [-0.2, -0.15) is 10.1 Å². The Hall–Kier alpha value is -3.09. The zero-order valence-corrected chi connectivity index (χ0v) is 16.5. The third-order valence-electron chi connectivity index (χ3n) is 4.75. The molecule has 4 rings (SSSR count). The molecule has 0 radical (unpaired) electrons. The average molecular weight is 379 g/mol. The molecule has 2 aromatic heterocycles. The molecule has 1 aliphatic heterocycles. The maximum absolute atomic E-state index is 12.8. The summed E-state index contributed by atoms with van der Waals surface area (Å²) in [5, 5.41) is 12.1. The predicted octanol–water partition coefficient (Wildman–Crippen LogP) is 4.03. The SMILES string of the molecule is Cc1cc(Nc2cc3cc(C(=O)N4CCCC4)ccc3c(OC(C)C)n2)n[nH]1. The fourth-order valence-corrected chi connectivity index (χ4v) is 3.45. The quantitative estimate of drug-likeness (QED) is 0.699. The minimum Gasteiger partial charge on any atom is -0.474 e. The second-order valence-corrected chi connectivity index (χ2v) is 7.48. The summed E-state index contributed by atoms with van der Waals surface area (Å²) in [6, 6.07) is 9.54. The van der Waals surface area contributed by atoms with Crippen LogP contribution in [-0.2, 0) is 0 Å². The van der Waals surface area contributed by atoms with Crippen molar-refractivity contribution in [3.63, 3.8) is 0 Å². The van der Waals surface area contributed by atoms with Crippen molar-refractivity contribution in [2.24, 2.45) is 0 Å². The highest BCUT2D eigenvalue weighted by Gasteiger charge is 2.20. The van der Waals surface area contributed by atoms with E-state index in [0.29, 0.717) is 23.1 Å². The zero-order chi connectivity index (χ0) is 19.7. The first kappa shape index (κ1) is 18.3. The van der Waals surface area contributed by atoms with Crippen molar-refractivity contribution in [2.75, 3.05) is 18.4 Å². The molecule has 3 heterocycles. The minimum absolute atomic E-state index is 0.00973. The molecular formula is C21H25N5O2. The molecule has 146 valence electrons. The average Bonchev–Trinajstić information content (AvgIpc) is 3.32. The molecule has 0 atom stereocenters. The lowest BCUT2D eigenvalue weighted by atomic mass is 10.1. The second-order valence-electron chi connectivity index (χ2n) is 7.48. The van der Waals surface area contributed by atoms with Gasteiger partial charge in [0, 0.05) is 35.8 Å². The van der Waals surface area contributed by atoms with Crippen LogP contribution in [0, 0.1) is 6.92 Å². The van der Waals surface area contributed by atoms with E-state index in [1.165, 1.54) is 0 Å². The number of nitrogens with zero attached hydrogens (tertiary/aromatic N) is 3. The number of fused-ring (bicyclic) bond motifs is 1. The number of aromatic nitrogens is 3. The normalized spacial score (nSPS) is 14.1. The number of aromatic amines is 1. The number of ether oxygens (including phenoxy) is 1. The first-order valence-electron chi connectivity index (χ1n) is 9.69. The number of pyridine rings is 1. The van der Waals surface area contributed by atoms with E-state index in [1.54, 1.807) is 0 Å². The van der Waals surface area contributed by atoms with Crippen LogP contribution in [0.15, 0.2) is 30.3 Å². The van der Waals surface area contributed by atoms with Gasteiger partial charge in [0.25, 0.3) is 5.91 Å². The molecular weight excluding hydrogens is 354 g/mol. The molecule has 0 saturated carbocycles. The van der Waals surface area contributed by atoms with Crippen LogP contribution in [0.1, 0.15) is 42.7 Å². The van der Waals surface area contributed by atoms with Crippen LogP contribution in [0.5, 0.6) is 5.88 Å². The summed E-state index contributed by atoms with van der Waals surface area (Å²) in [5.41, 5.74) is 1.65. The lowest BCUT2D eigenvalue weighted by Crippen LogP contribution is -2.27. The van der Waals surface area contributed by atoms with Gasteiger partial charge < -0.3 is 15.0 Å². The highest BCUT2D eigenvalue weighted by molar-refractivity contribution is 6.00. The predicted molar refractivity (Wildman–Crippen MR) is 109 cm³/mol. The number of hydrogen-bond acceptors (Lipinski definition) is 5. The van der Waals surface area contributed by atoms with Crippen LogP contribution < -0.4 is 10.1 Å². The Labute approximate surface area is 164 Å². The maximum Gasteiger partial charge on any atom is 0.253 e. The van der Waals surface area contributed by atoms with Gasteiger partial charge in [-0.05, 0) is 63.3 Å². The Morgan fingerprint density at radius 2 is 1.96 bits per heavy atom. The van der Waals surface area contributed by atoms with Crippen molar-refractivity contribution in [3.05, 3.63) is 41.6 Å². The summed E-state index contributed by atoms with van der Waals surface area (Å²) in [6.45, 7) is 7.54. The monoisotopic (exact) mass is 379 g/mol. The zero-order valence-electron chi connectivity index (χ0n) is 16.5. The van der Waals surface area contributed by atoms with E-state index >= 15 is 0 Å². The number of carbonyl (C=O) groups excluding carboxylic acids is 1. The highest BCUT2D eigenvalue weighted by atomic mass is 16.5. The number of hydrogen-bond donors (Lipinski definition) is 2. The van der Waals surface area contributed by atoms with Gasteiger partial charge in [0.2, 0.25) is 5.88 Å². The van der Waals surface area contributed by atoms with E-state index in [2.05, 4.69) is 20.5 Å². The van der Waals surface area contributed by atoms with Crippen molar-refractivity contribution in [1.29, 1.82) is 0 Å². The van der Waals surface area contributed by atoms with Crippen molar-refractivity contribution < 1.29 is 9.53 Å². The first-order valence-corrected chi connectivity index (χ1v) is 9.69. The van der Waals surface area contributed by atoms with E-state index in [4.69, 9.17) is 4.74 Å². The smallest absolute Gasteiger partial charge is 0.253 e. The number of rotatable bonds is 5. The van der Waals surface area contributed by atoms with Gasteiger partial charge in [-0.3, -0.25) is 9.89 Å². The molecule has 0 unspecified atom stereocenters. The highest BCUT2D eigenvalue weighted by Crippen LogP contribution is 2.30. The van der Waals surface area contributed by atoms with Crippen molar-refractivity contribution in [2.45, 2.75) is 39.7 Å². The van der Waals surface area contributed by atoms with Crippen LogP contribution in [0.25, 0.3) is 10.8 Å². The van der Waals surface area contributed by atoms with Crippen molar-refractivity contribution >= 4 is 28.3 Å². The molecule has 0 bridgehead atoms. The molecule has 28 heavy (non-hydrogen) atoms. The molecule has 0 aliphatic carbocycles. The standard InChI is InChI=1S/C21H25N5O2/c1-13(2)28-20-17-7-6-15(21(27)26-8-4-5-9-26)11-16(17)12-18(23-20)22-19-10-14(3)24-25-19/h6-7,10-13H,4-5,8-9H2,1-3H3,(H2,22,23,24,25). The van der Waals surface area contributed by atoms with Crippen molar-refractivity contribution in [1.82, 2.24) is 20.1 Å². The largest absolute Gasteiger partial charge is 0.474 e. The summed E-state index contributed by atoms with van der Waals surface area (Å²) >= 11 is 0. The molecule has 7 nitrogen and oxygen atoms in total. The third kappa shape index (κ3) is 3.78. The summed E-state index contributed by atoms with van der Waals surface area (Å²) in [5.74, 6) is 1.94. The molecule has 0 spiro atoms. The Morgan fingerprint density at radius 1 is 1.18 bits per heavy atom. The van der Waals surface area contributed by atoms with Gasteiger partial charge in [-0.1, -0.05) is 0 Å². The van der Waals surface area contributed by atoms with E-state index < -0.39 is 0 Å². The Balaban J connectivity index is 1.73. The Bertz CT molecular complexity index is 1010. The summed E-state index contributed by atoms with van der Waals surface area (Å²) in [7, 11) is 0. The van der Waals surface area contributed by atoms with Crippen LogP contribution in [-0.4, -0.2) is 45.2 Å². The molecule has 1 saturated heterocycles. The minimum atomic E-state index is -0.00973. The van der Waals surface area contributed by atoms with Crippen molar-refractivity contribution in [3.8, 4) is 5.88 Å². The first-order chi connectivity index (χ1) is 13.5. The van der Waals surface area contributed by atoms with Gasteiger partial charge in [0.15, 0.2) is 5.82 Å². The van der Waals surface area contributed by atoms with Crippen LogP contribution in [0.3, 0.4) is 0 Å². The number of likely N-dealkylation sites (tertiary alicyclic amines) is 1. The number of amides is 1. The summed E-state index contributed by atoms with van der Waals surface area (Å²) in [6.07, 6.45) is 2.14. The molecule has 2 N–H and O–H groups in total. The van der Waals surface area contributed by atoms with Gasteiger partial charge in [-0.25, -0.2) is 0 Å². The molecule has 1 aromatic carbocycles. The number of benzene rings is 1. The summed E-state index contributed by atoms with van der Waals surface area (Å²) < 4.78 is 5.94. The second kappa shape index (κ2) is 7.50. The van der Waals surface area contributed by atoms with E-state index in [9.17, 15) is 4.79 Å². The Kier molecular flexibility index (Phi) is 4.90. The topological polar surface area (TPSA) is 83.1 Å². The maximum atomic E-state index is 12.8. The lowest BCUT2D eigenvalue weighted by molar-refractivity contribution is 0.0793. The van der Waals surface area contributed by atoms with Gasteiger partial charge in [-0.15, -0.1) is 0 Å². The van der Waals surface area contributed by atoms with E-state index in [0.717, 1.165) is 42.4 Å². The fraction of sp³-hybridized carbons (Fsp3) is 0.381. The number of carbonyl (C=O) groups is 1. The van der Waals surface area contributed by atoms with Gasteiger partial charge in [0.05, 0.1) is 6.10 Å². The van der Waals surface area contributed by atoms with Gasteiger partial charge >= 0.3 is 0 Å². The summed E-state index contributed by atoms with van der Waals surface area (Å²) in [4.78, 5) is 19.3. The lowest BCUT2D eigenvalue weighted by Gasteiger charge is -2.17. The van der Waals surface area contributed by atoms with E-state index in [-0.39, 0.29) is 12.0 Å². The molecule has 1 aliphatic rings. The molecule has 7 heteroatoms. The number of anilines is 2. The fourth-order valence-electron chi connectivity index (χ4n) is 3.45. The van der Waals surface area contributed by atoms with Crippen LogP contribution in [0.2, 0.25) is 0 Å².